The number of ether oxygens (including phenoxy) is 2. The minimum Gasteiger partial charge on any atom is -0.497 e. The molecule has 1 fully saturated rings. The maximum atomic E-state index is 6.00. The Hall–Kier alpha value is -2.39. The Labute approximate surface area is 172 Å². The number of benzene rings is 2. The first-order chi connectivity index (χ1) is 13.6. The summed E-state index contributed by atoms with van der Waals surface area (Å²) < 4.78 is 13.3. The van der Waals surface area contributed by atoms with E-state index in [1.165, 1.54) is 0 Å². The van der Waals surface area contributed by atoms with Gasteiger partial charge in [-0.1, -0.05) is 23.7 Å². The first-order valence-corrected chi connectivity index (χ1v) is 9.55. The van der Waals surface area contributed by atoms with Crippen molar-refractivity contribution in [3.8, 4) is 17.2 Å². The smallest absolute Gasteiger partial charge is 0.200 e. The minimum atomic E-state index is -0.0514. The number of hydrazine groups is 1. The Morgan fingerprint density at radius 1 is 1.07 bits per heavy atom. The van der Waals surface area contributed by atoms with Crippen molar-refractivity contribution in [1.82, 2.24) is 25.6 Å². The van der Waals surface area contributed by atoms with Gasteiger partial charge >= 0.3 is 0 Å². The standard InChI is InChI=1S/C19H20ClN5O2S/c1-26-13-7-8-17(27-2)16(9-13)25-18(23-24-19(25)28)15-10-14(21-22-15)11-3-5-12(20)6-4-11/h3-9,14-15,21-22H,10H2,1-2H3,(H,24,28). The van der Waals surface area contributed by atoms with Crippen molar-refractivity contribution in [3.63, 3.8) is 0 Å². The molecule has 1 aromatic heterocycles. The molecule has 0 aliphatic carbocycles. The second-order valence-corrected chi connectivity index (χ2v) is 7.26. The molecular formula is C19H20ClN5O2S. The highest BCUT2D eigenvalue weighted by atomic mass is 35.5. The van der Waals surface area contributed by atoms with Gasteiger partial charge in [-0.15, -0.1) is 0 Å². The molecule has 0 bridgehead atoms. The first-order valence-electron chi connectivity index (χ1n) is 8.77. The number of H-pyrrole nitrogens is 1. The fraction of sp³-hybridized carbons (Fsp3) is 0.263. The van der Waals surface area contributed by atoms with Gasteiger partial charge in [-0.05, 0) is 48.5 Å². The van der Waals surface area contributed by atoms with Crippen LogP contribution in [0.15, 0.2) is 42.5 Å². The zero-order valence-electron chi connectivity index (χ0n) is 15.4. The van der Waals surface area contributed by atoms with Crippen molar-refractivity contribution in [3.05, 3.63) is 63.6 Å². The quantitative estimate of drug-likeness (QED) is 0.547. The lowest BCUT2D eigenvalue weighted by atomic mass is 10.0. The van der Waals surface area contributed by atoms with Crippen LogP contribution < -0.4 is 20.3 Å². The highest BCUT2D eigenvalue weighted by Crippen LogP contribution is 2.34. The molecule has 7 nitrogen and oxygen atoms in total. The Bertz CT molecular complexity index is 1030. The number of aromatic nitrogens is 3. The van der Waals surface area contributed by atoms with E-state index in [9.17, 15) is 0 Å². The van der Waals surface area contributed by atoms with Crippen molar-refractivity contribution in [1.29, 1.82) is 0 Å². The molecule has 0 saturated carbocycles. The lowest BCUT2D eigenvalue weighted by Crippen LogP contribution is -2.28. The summed E-state index contributed by atoms with van der Waals surface area (Å²) >= 11 is 11.5. The Morgan fingerprint density at radius 2 is 1.82 bits per heavy atom. The summed E-state index contributed by atoms with van der Waals surface area (Å²) in [4.78, 5) is 0. The van der Waals surface area contributed by atoms with Crippen LogP contribution in [0.3, 0.4) is 0 Å². The highest BCUT2D eigenvalue weighted by molar-refractivity contribution is 7.71. The molecule has 9 heteroatoms. The van der Waals surface area contributed by atoms with Gasteiger partial charge in [0.25, 0.3) is 0 Å². The van der Waals surface area contributed by atoms with E-state index in [4.69, 9.17) is 33.3 Å². The number of nitrogens with zero attached hydrogens (tertiary/aromatic N) is 2. The molecule has 2 aromatic carbocycles. The third-order valence-corrected chi connectivity index (χ3v) is 5.34. The van der Waals surface area contributed by atoms with Gasteiger partial charge in [0.05, 0.1) is 25.9 Å². The van der Waals surface area contributed by atoms with Gasteiger partial charge in [-0.3, -0.25) is 9.67 Å². The Kier molecular flexibility index (Phi) is 5.36. The molecule has 3 aromatic rings. The van der Waals surface area contributed by atoms with Crippen LogP contribution in [0.25, 0.3) is 5.69 Å². The van der Waals surface area contributed by atoms with E-state index in [0.29, 0.717) is 16.3 Å². The lowest BCUT2D eigenvalue weighted by Gasteiger charge is -2.15. The molecule has 28 heavy (non-hydrogen) atoms. The fourth-order valence-corrected chi connectivity index (χ4v) is 3.75. The molecule has 0 radical (unpaired) electrons. The average molecular weight is 418 g/mol. The maximum absolute atomic E-state index is 6.00. The Balaban J connectivity index is 1.68. The van der Waals surface area contributed by atoms with E-state index in [-0.39, 0.29) is 12.1 Å². The van der Waals surface area contributed by atoms with Gasteiger partial charge in [0.2, 0.25) is 0 Å². The first kappa shape index (κ1) is 18.9. The minimum absolute atomic E-state index is 0.0514. The van der Waals surface area contributed by atoms with Crippen LogP contribution >= 0.6 is 23.8 Å². The number of aromatic amines is 1. The molecule has 0 spiro atoms. The molecule has 2 unspecified atom stereocenters. The summed E-state index contributed by atoms with van der Waals surface area (Å²) in [5.41, 5.74) is 8.57. The van der Waals surface area contributed by atoms with Gasteiger partial charge in [0.15, 0.2) is 10.6 Å². The fourth-order valence-electron chi connectivity index (χ4n) is 3.39. The third-order valence-electron chi connectivity index (χ3n) is 4.81. The molecule has 2 heterocycles. The van der Waals surface area contributed by atoms with Crippen molar-refractivity contribution < 1.29 is 9.47 Å². The highest BCUT2D eigenvalue weighted by Gasteiger charge is 2.30. The number of hydrogen-bond acceptors (Lipinski definition) is 6. The normalized spacial score (nSPS) is 19.0. The second-order valence-electron chi connectivity index (χ2n) is 6.44. The van der Waals surface area contributed by atoms with E-state index < -0.39 is 0 Å². The summed E-state index contributed by atoms with van der Waals surface area (Å²) in [6.45, 7) is 0. The SMILES string of the molecule is COc1ccc(OC)c(-n2c(C3CC(c4ccc(Cl)cc4)NN3)n[nH]c2=S)c1. The van der Waals surface area contributed by atoms with Gasteiger partial charge < -0.3 is 9.47 Å². The van der Waals surface area contributed by atoms with Crippen LogP contribution in [-0.4, -0.2) is 29.0 Å². The zero-order chi connectivity index (χ0) is 19.7. The second kappa shape index (κ2) is 7.92. The topological polar surface area (TPSA) is 76.1 Å². The van der Waals surface area contributed by atoms with Gasteiger partial charge in [0, 0.05) is 17.1 Å². The molecule has 4 rings (SSSR count). The summed E-state index contributed by atoms with van der Waals surface area (Å²) in [5, 5.41) is 8.09. The molecule has 3 N–H and O–H groups in total. The third kappa shape index (κ3) is 3.51. The number of halogens is 1. The summed E-state index contributed by atoms with van der Waals surface area (Å²) in [6, 6.07) is 13.5. The molecule has 1 aliphatic heterocycles. The largest absolute Gasteiger partial charge is 0.497 e. The van der Waals surface area contributed by atoms with Gasteiger partial charge in [0.1, 0.15) is 11.5 Å². The van der Waals surface area contributed by atoms with E-state index in [1.807, 2.05) is 47.0 Å². The van der Waals surface area contributed by atoms with Crippen LogP contribution in [-0.2, 0) is 0 Å². The van der Waals surface area contributed by atoms with Crippen LogP contribution in [0.4, 0.5) is 0 Å². The molecule has 1 saturated heterocycles. The van der Waals surface area contributed by atoms with Crippen LogP contribution in [0.5, 0.6) is 11.5 Å². The number of methoxy groups -OCH3 is 2. The van der Waals surface area contributed by atoms with Crippen molar-refractivity contribution in [2.24, 2.45) is 0 Å². The zero-order valence-corrected chi connectivity index (χ0v) is 17.0. The van der Waals surface area contributed by atoms with E-state index in [2.05, 4.69) is 21.0 Å². The van der Waals surface area contributed by atoms with Crippen molar-refractivity contribution >= 4 is 23.8 Å². The molecule has 0 amide bonds. The van der Waals surface area contributed by atoms with Crippen LogP contribution in [0.2, 0.25) is 5.02 Å². The summed E-state index contributed by atoms with van der Waals surface area (Å²) in [7, 11) is 3.25. The number of hydrogen-bond donors (Lipinski definition) is 3. The predicted octanol–water partition coefficient (Wildman–Crippen LogP) is 3.88. The lowest BCUT2D eigenvalue weighted by molar-refractivity contribution is 0.400. The molecular weight excluding hydrogens is 398 g/mol. The van der Waals surface area contributed by atoms with Crippen LogP contribution in [0, 0.1) is 4.77 Å². The van der Waals surface area contributed by atoms with Gasteiger partial charge in [-0.2, -0.15) is 5.10 Å². The number of nitrogens with one attached hydrogen (secondary N) is 3. The van der Waals surface area contributed by atoms with E-state index >= 15 is 0 Å². The molecule has 2 atom stereocenters. The summed E-state index contributed by atoms with van der Waals surface area (Å²) in [6.07, 6.45) is 0.799. The van der Waals surface area contributed by atoms with Crippen molar-refractivity contribution in [2.75, 3.05) is 14.2 Å². The van der Waals surface area contributed by atoms with Crippen molar-refractivity contribution in [2.45, 2.75) is 18.5 Å². The number of rotatable bonds is 5. The molecule has 1 aliphatic rings. The average Bonchev–Trinajstić information content (AvgIpc) is 3.34. The summed E-state index contributed by atoms with van der Waals surface area (Å²) in [5.74, 6) is 2.15. The maximum Gasteiger partial charge on any atom is 0.200 e. The Morgan fingerprint density at radius 3 is 2.54 bits per heavy atom. The van der Waals surface area contributed by atoms with Gasteiger partial charge in [-0.25, -0.2) is 10.9 Å². The van der Waals surface area contributed by atoms with E-state index in [0.717, 1.165) is 28.5 Å². The van der Waals surface area contributed by atoms with Crippen LogP contribution in [0.1, 0.15) is 29.9 Å². The molecule has 146 valence electrons. The monoisotopic (exact) mass is 417 g/mol. The predicted molar refractivity (Wildman–Crippen MR) is 110 cm³/mol. The van der Waals surface area contributed by atoms with E-state index in [1.54, 1.807) is 14.2 Å².